The molecule has 0 aromatic rings. The highest BCUT2D eigenvalue weighted by molar-refractivity contribution is 4.80. The second-order valence-electron chi connectivity index (χ2n) is 4.21. The van der Waals surface area contributed by atoms with Crippen LogP contribution in [0.4, 0.5) is 0 Å². The summed E-state index contributed by atoms with van der Waals surface area (Å²) in [4.78, 5) is 2.39. The Bertz CT molecular complexity index is 150. The van der Waals surface area contributed by atoms with Crippen LogP contribution in [0.3, 0.4) is 0 Å². The second-order valence-corrected chi connectivity index (χ2v) is 4.21. The zero-order valence-electron chi connectivity index (χ0n) is 8.95. The molecule has 1 rings (SSSR count). The SMILES string of the molecule is CC(O)C(C)NCC1CCCN1C. The Kier molecular flexibility index (Phi) is 4.16. The topological polar surface area (TPSA) is 35.5 Å². The van der Waals surface area contributed by atoms with Gasteiger partial charge in [-0.15, -0.1) is 0 Å². The monoisotopic (exact) mass is 186 g/mol. The van der Waals surface area contributed by atoms with Crippen molar-refractivity contribution in [1.82, 2.24) is 10.2 Å². The summed E-state index contributed by atoms with van der Waals surface area (Å²) >= 11 is 0. The summed E-state index contributed by atoms with van der Waals surface area (Å²) in [6.45, 7) is 6.08. The molecule has 1 fully saturated rings. The molecule has 0 bridgehead atoms. The van der Waals surface area contributed by atoms with Gasteiger partial charge in [-0.1, -0.05) is 0 Å². The molecular weight excluding hydrogens is 164 g/mol. The van der Waals surface area contributed by atoms with E-state index in [9.17, 15) is 5.11 Å². The number of likely N-dealkylation sites (tertiary alicyclic amines) is 1. The number of nitrogens with zero attached hydrogens (tertiary/aromatic N) is 1. The molecule has 0 aromatic heterocycles. The molecule has 3 heteroatoms. The number of nitrogens with one attached hydrogen (secondary N) is 1. The van der Waals surface area contributed by atoms with E-state index in [-0.39, 0.29) is 12.1 Å². The Labute approximate surface area is 81.1 Å². The number of rotatable bonds is 4. The van der Waals surface area contributed by atoms with E-state index in [0.717, 1.165) is 6.54 Å². The summed E-state index contributed by atoms with van der Waals surface area (Å²) in [5, 5.41) is 12.6. The highest BCUT2D eigenvalue weighted by Gasteiger charge is 2.21. The molecule has 0 spiro atoms. The number of hydrogen-bond acceptors (Lipinski definition) is 3. The molecule has 1 heterocycles. The van der Waals surface area contributed by atoms with Gasteiger partial charge in [-0.25, -0.2) is 0 Å². The molecule has 3 unspecified atom stereocenters. The maximum absolute atomic E-state index is 9.28. The lowest BCUT2D eigenvalue weighted by atomic mass is 10.2. The predicted octanol–water partition coefficient (Wildman–Crippen LogP) is 0.439. The molecule has 3 nitrogen and oxygen atoms in total. The zero-order chi connectivity index (χ0) is 9.84. The van der Waals surface area contributed by atoms with Crippen LogP contribution in [0.5, 0.6) is 0 Å². The van der Waals surface area contributed by atoms with Crippen molar-refractivity contribution in [2.24, 2.45) is 0 Å². The highest BCUT2D eigenvalue weighted by Crippen LogP contribution is 2.13. The summed E-state index contributed by atoms with van der Waals surface area (Å²) in [6.07, 6.45) is 2.34. The summed E-state index contributed by atoms with van der Waals surface area (Å²) in [5.74, 6) is 0. The molecule has 13 heavy (non-hydrogen) atoms. The van der Waals surface area contributed by atoms with Crippen LogP contribution in [0, 0.1) is 0 Å². The van der Waals surface area contributed by atoms with Crippen LogP contribution in [0.25, 0.3) is 0 Å². The van der Waals surface area contributed by atoms with Gasteiger partial charge in [0.15, 0.2) is 0 Å². The molecule has 78 valence electrons. The van der Waals surface area contributed by atoms with E-state index in [1.54, 1.807) is 0 Å². The average molecular weight is 186 g/mol. The smallest absolute Gasteiger partial charge is 0.0662 e. The standard InChI is InChI=1S/C10H22N2O/c1-8(9(2)13)11-7-10-5-4-6-12(10)3/h8-11,13H,4-7H2,1-3H3. The van der Waals surface area contributed by atoms with Gasteiger partial charge in [0.25, 0.3) is 0 Å². The van der Waals surface area contributed by atoms with Gasteiger partial charge in [-0.05, 0) is 40.3 Å². The van der Waals surface area contributed by atoms with E-state index in [1.165, 1.54) is 19.4 Å². The second kappa shape index (κ2) is 4.94. The lowest BCUT2D eigenvalue weighted by molar-refractivity contribution is 0.147. The fourth-order valence-corrected chi connectivity index (χ4v) is 1.73. The van der Waals surface area contributed by atoms with Gasteiger partial charge in [-0.2, -0.15) is 0 Å². The van der Waals surface area contributed by atoms with Crippen molar-refractivity contribution >= 4 is 0 Å². The van der Waals surface area contributed by atoms with E-state index < -0.39 is 0 Å². The Balaban J connectivity index is 2.18. The third-order valence-corrected chi connectivity index (χ3v) is 3.07. The first-order valence-corrected chi connectivity index (χ1v) is 5.23. The number of aliphatic hydroxyl groups excluding tert-OH is 1. The number of hydrogen-bond donors (Lipinski definition) is 2. The molecule has 0 radical (unpaired) electrons. The summed E-state index contributed by atoms with van der Waals surface area (Å²) in [6, 6.07) is 0.871. The predicted molar refractivity (Wildman–Crippen MR) is 54.8 cm³/mol. The zero-order valence-corrected chi connectivity index (χ0v) is 8.95. The molecule has 3 atom stereocenters. The normalized spacial score (nSPS) is 29.1. The summed E-state index contributed by atoms with van der Waals surface area (Å²) in [5.41, 5.74) is 0. The Morgan fingerprint density at radius 2 is 2.23 bits per heavy atom. The van der Waals surface area contributed by atoms with Crippen molar-refractivity contribution in [3.05, 3.63) is 0 Å². The van der Waals surface area contributed by atoms with Gasteiger partial charge < -0.3 is 15.3 Å². The van der Waals surface area contributed by atoms with Crippen molar-refractivity contribution < 1.29 is 5.11 Å². The first kappa shape index (κ1) is 11.0. The van der Waals surface area contributed by atoms with Crippen molar-refractivity contribution in [2.75, 3.05) is 20.1 Å². The molecule has 1 aliphatic rings. The van der Waals surface area contributed by atoms with Gasteiger partial charge >= 0.3 is 0 Å². The fraction of sp³-hybridized carbons (Fsp3) is 1.00. The maximum Gasteiger partial charge on any atom is 0.0662 e. The van der Waals surface area contributed by atoms with E-state index in [0.29, 0.717) is 6.04 Å². The van der Waals surface area contributed by atoms with E-state index in [1.807, 2.05) is 13.8 Å². The van der Waals surface area contributed by atoms with E-state index >= 15 is 0 Å². The largest absolute Gasteiger partial charge is 0.392 e. The number of aliphatic hydroxyl groups is 1. The van der Waals surface area contributed by atoms with Crippen LogP contribution in [0.2, 0.25) is 0 Å². The van der Waals surface area contributed by atoms with Crippen LogP contribution in [0.15, 0.2) is 0 Å². The third kappa shape index (κ3) is 3.25. The van der Waals surface area contributed by atoms with Crippen molar-refractivity contribution in [1.29, 1.82) is 0 Å². The third-order valence-electron chi connectivity index (χ3n) is 3.07. The Morgan fingerprint density at radius 1 is 1.54 bits per heavy atom. The summed E-state index contributed by atoms with van der Waals surface area (Å²) in [7, 11) is 2.17. The molecule has 1 saturated heterocycles. The summed E-state index contributed by atoms with van der Waals surface area (Å²) < 4.78 is 0. The van der Waals surface area contributed by atoms with Crippen LogP contribution >= 0.6 is 0 Å². The minimum Gasteiger partial charge on any atom is -0.392 e. The van der Waals surface area contributed by atoms with Crippen molar-refractivity contribution in [2.45, 2.75) is 44.9 Å². The van der Waals surface area contributed by atoms with E-state index in [4.69, 9.17) is 0 Å². The van der Waals surface area contributed by atoms with Crippen LogP contribution < -0.4 is 5.32 Å². The van der Waals surface area contributed by atoms with Gasteiger partial charge in [0.05, 0.1) is 6.10 Å². The van der Waals surface area contributed by atoms with Crippen molar-refractivity contribution in [3.8, 4) is 0 Å². The lowest BCUT2D eigenvalue weighted by Crippen LogP contribution is -2.43. The Morgan fingerprint density at radius 3 is 2.69 bits per heavy atom. The first-order valence-electron chi connectivity index (χ1n) is 5.23. The van der Waals surface area contributed by atoms with Crippen LogP contribution in [0.1, 0.15) is 26.7 Å². The molecule has 0 saturated carbocycles. The number of likely N-dealkylation sites (N-methyl/N-ethyl adjacent to an activating group) is 1. The molecule has 0 aliphatic carbocycles. The average Bonchev–Trinajstić information content (AvgIpc) is 2.47. The molecule has 0 aromatic carbocycles. The van der Waals surface area contributed by atoms with E-state index in [2.05, 4.69) is 17.3 Å². The van der Waals surface area contributed by atoms with Gasteiger partial charge in [-0.3, -0.25) is 0 Å². The lowest BCUT2D eigenvalue weighted by Gasteiger charge is -2.23. The minimum atomic E-state index is -0.258. The van der Waals surface area contributed by atoms with Crippen LogP contribution in [-0.2, 0) is 0 Å². The van der Waals surface area contributed by atoms with Gasteiger partial charge in [0.1, 0.15) is 0 Å². The minimum absolute atomic E-state index is 0.203. The van der Waals surface area contributed by atoms with Gasteiger partial charge in [0.2, 0.25) is 0 Å². The molecule has 1 aliphatic heterocycles. The fourth-order valence-electron chi connectivity index (χ4n) is 1.73. The van der Waals surface area contributed by atoms with Gasteiger partial charge in [0, 0.05) is 18.6 Å². The first-order chi connectivity index (χ1) is 6.11. The highest BCUT2D eigenvalue weighted by atomic mass is 16.3. The van der Waals surface area contributed by atoms with Crippen LogP contribution in [-0.4, -0.2) is 48.3 Å². The van der Waals surface area contributed by atoms with Crippen molar-refractivity contribution in [3.63, 3.8) is 0 Å². The molecule has 0 amide bonds. The molecule has 2 N–H and O–H groups in total. The molecular formula is C10H22N2O. The Hall–Kier alpha value is -0.120. The quantitative estimate of drug-likeness (QED) is 0.669. The maximum atomic E-state index is 9.28.